The van der Waals surface area contributed by atoms with Gasteiger partial charge in [-0.3, -0.25) is 4.79 Å². The van der Waals surface area contributed by atoms with E-state index in [4.69, 9.17) is 4.42 Å². The molecule has 2 N–H and O–H groups in total. The Bertz CT molecular complexity index is 1420. The molecule has 1 aliphatic rings. The topological polar surface area (TPSA) is 88.2 Å². The van der Waals surface area contributed by atoms with Crippen LogP contribution < -0.4 is 10.6 Å². The number of nitrogens with zero attached hydrogens (tertiary/aromatic N) is 4. The molecule has 2 aromatic carbocycles. The lowest BCUT2D eigenvalue weighted by atomic mass is 10.0. The second-order valence-corrected chi connectivity index (χ2v) is 9.34. The fourth-order valence-corrected chi connectivity index (χ4v) is 4.63. The van der Waals surface area contributed by atoms with Gasteiger partial charge in [0.25, 0.3) is 11.8 Å². The summed E-state index contributed by atoms with van der Waals surface area (Å²) in [4.78, 5) is 14.2. The first-order chi connectivity index (χ1) is 18.2. The molecule has 0 aliphatic carbocycles. The molecule has 0 radical (unpaired) electrons. The molecule has 0 spiro atoms. The number of aromatic nitrogens is 3. The lowest BCUT2D eigenvalue weighted by molar-refractivity contribution is -0.139. The maximum atomic E-state index is 14.7. The summed E-state index contributed by atoms with van der Waals surface area (Å²) in [7, 11) is 1.85. The van der Waals surface area contributed by atoms with Gasteiger partial charge in [0, 0.05) is 29.7 Å². The van der Waals surface area contributed by atoms with Gasteiger partial charge in [0.15, 0.2) is 0 Å². The largest absolute Gasteiger partial charge is 0.417 e. The molecule has 1 fully saturated rings. The predicted octanol–water partition coefficient (Wildman–Crippen LogP) is 4.64. The minimum absolute atomic E-state index is 0.0399. The third-order valence-corrected chi connectivity index (χ3v) is 6.49. The van der Waals surface area contributed by atoms with Crippen LogP contribution in [0.3, 0.4) is 0 Å². The number of hydrogen-bond acceptors (Lipinski definition) is 6. The molecule has 2 atom stereocenters. The zero-order chi connectivity index (χ0) is 26.9. The van der Waals surface area contributed by atoms with Crippen molar-refractivity contribution in [3.05, 3.63) is 66.1 Å². The van der Waals surface area contributed by atoms with Gasteiger partial charge in [-0.1, -0.05) is 24.3 Å². The predicted molar refractivity (Wildman–Crippen MR) is 133 cm³/mol. The van der Waals surface area contributed by atoms with E-state index >= 15 is 0 Å². The van der Waals surface area contributed by atoms with Gasteiger partial charge in [-0.2, -0.15) is 13.2 Å². The number of halogens is 4. The first kappa shape index (κ1) is 25.7. The second-order valence-electron chi connectivity index (χ2n) is 9.34. The van der Waals surface area contributed by atoms with Crippen LogP contribution in [0, 0.1) is 0 Å². The van der Waals surface area contributed by atoms with E-state index < -0.39 is 24.9 Å². The monoisotopic (exact) mass is 530 g/mol. The van der Waals surface area contributed by atoms with E-state index in [1.807, 2.05) is 11.9 Å². The summed E-state index contributed by atoms with van der Waals surface area (Å²) in [6, 6.07) is 14.5. The second kappa shape index (κ2) is 10.4. The third kappa shape index (κ3) is 5.64. The van der Waals surface area contributed by atoms with Crippen molar-refractivity contribution < 1.29 is 26.8 Å². The zero-order valence-corrected chi connectivity index (χ0v) is 20.5. The molecule has 200 valence electrons. The first-order valence-electron chi connectivity index (χ1n) is 12.1. The number of likely N-dealkylation sites (tertiary alicyclic amines) is 1. The van der Waals surface area contributed by atoms with Gasteiger partial charge < -0.3 is 24.5 Å². The van der Waals surface area contributed by atoms with Crippen LogP contribution in [0.15, 0.2) is 59.0 Å². The molecule has 4 aromatic rings. The smallest absolute Gasteiger partial charge is 0.406 e. The van der Waals surface area contributed by atoms with Crippen molar-refractivity contribution in [3.63, 3.8) is 0 Å². The van der Waals surface area contributed by atoms with Crippen LogP contribution in [-0.4, -0.2) is 64.1 Å². The van der Waals surface area contributed by atoms with Crippen molar-refractivity contribution in [3.8, 4) is 11.6 Å². The number of nitrogens with one attached hydrogen (secondary N) is 2. The molecule has 38 heavy (non-hydrogen) atoms. The van der Waals surface area contributed by atoms with Gasteiger partial charge in [-0.15, -0.1) is 10.2 Å². The number of alkyl halides is 4. The zero-order valence-electron chi connectivity index (χ0n) is 20.5. The summed E-state index contributed by atoms with van der Waals surface area (Å²) in [6.07, 6.45) is -5.08. The average molecular weight is 531 g/mol. The molecule has 12 heteroatoms. The molecule has 0 unspecified atom stereocenters. The van der Waals surface area contributed by atoms with Crippen molar-refractivity contribution in [2.75, 3.05) is 25.5 Å². The number of amides is 1. The van der Waals surface area contributed by atoms with E-state index in [2.05, 4.69) is 20.8 Å². The summed E-state index contributed by atoms with van der Waals surface area (Å²) in [5.41, 5.74) is 1.33. The number of piperidine rings is 1. The summed E-state index contributed by atoms with van der Waals surface area (Å²) in [6.45, 7) is -0.391. The van der Waals surface area contributed by atoms with Crippen molar-refractivity contribution >= 4 is 22.5 Å². The Morgan fingerprint density at radius 3 is 2.66 bits per heavy atom. The SMILES string of the molecule is CN1CC[C@H](Nc2cccc3c2cc(-c2nnc(CNC(=O)c4ccccc4)o2)n3CC(F)(F)F)[C@H](F)C1. The Kier molecular flexibility index (Phi) is 7.06. The van der Waals surface area contributed by atoms with E-state index in [1.165, 1.54) is 6.07 Å². The third-order valence-electron chi connectivity index (χ3n) is 6.49. The van der Waals surface area contributed by atoms with Crippen LogP contribution in [-0.2, 0) is 13.1 Å². The number of fused-ring (bicyclic) bond motifs is 1. The minimum Gasteiger partial charge on any atom is -0.417 e. The van der Waals surface area contributed by atoms with E-state index in [9.17, 15) is 22.4 Å². The van der Waals surface area contributed by atoms with Gasteiger partial charge in [-0.05, 0) is 43.8 Å². The van der Waals surface area contributed by atoms with Crippen LogP contribution in [0.4, 0.5) is 23.2 Å². The van der Waals surface area contributed by atoms with Gasteiger partial charge in [0.2, 0.25) is 5.89 Å². The number of rotatable bonds is 7. The van der Waals surface area contributed by atoms with Crippen LogP contribution in [0.2, 0.25) is 0 Å². The van der Waals surface area contributed by atoms with Crippen molar-refractivity contribution in [2.24, 2.45) is 0 Å². The van der Waals surface area contributed by atoms with Gasteiger partial charge in [-0.25, -0.2) is 4.39 Å². The molecule has 0 saturated carbocycles. The summed E-state index contributed by atoms with van der Waals surface area (Å²) in [5, 5.41) is 14.2. The lowest BCUT2D eigenvalue weighted by Crippen LogP contribution is -2.46. The number of carbonyl (C=O) groups excluding carboxylic acids is 1. The first-order valence-corrected chi connectivity index (χ1v) is 12.1. The molecule has 1 saturated heterocycles. The van der Waals surface area contributed by atoms with Gasteiger partial charge >= 0.3 is 6.18 Å². The lowest BCUT2D eigenvalue weighted by Gasteiger charge is -2.33. The van der Waals surface area contributed by atoms with Crippen LogP contribution in [0.1, 0.15) is 22.7 Å². The number of hydrogen-bond donors (Lipinski definition) is 2. The Hall–Kier alpha value is -3.93. The van der Waals surface area contributed by atoms with Gasteiger partial charge in [0.05, 0.1) is 18.1 Å². The average Bonchev–Trinajstić information content (AvgIpc) is 3.49. The van der Waals surface area contributed by atoms with Gasteiger partial charge in [0.1, 0.15) is 18.4 Å². The number of benzene rings is 2. The summed E-state index contributed by atoms with van der Waals surface area (Å²) >= 11 is 0. The van der Waals surface area contributed by atoms with Crippen molar-refractivity contribution in [1.29, 1.82) is 0 Å². The Morgan fingerprint density at radius 1 is 1.13 bits per heavy atom. The summed E-state index contributed by atoms with van der Waals surface area (Å²) < 4.78 is 62.1. The fourth-order valence-electron chi connectivity index (χ4n) is 4.63. The normalized spacial score (nSPS) is 18.6. The number of anilines is 1. The maximum Gasteiger partial charge on any atom is 0.406 e. The van der Waals surface area contributed by atoms with E-state index in [-0.39, 0.29) is 36.5 Å². The molecule has 2 aromatic heterocycles. The summed E-state index contributed by atoms with van der Waals surface area (Å²) in [5.74, 6) is -0.437. The van der Waals surface area contributed by atoms with E-state index in [0.717, 1.165) is 4.57 Å². The molecule has 1 amide bonds. The van der Waals surface area contributed by atoms with E-state index in [0.29, 0.717) is 35.1 Å². The van der Waals surface area contributed by atoms with Crippen molar-refractivity contribution in [2.45, 2.75) is 37.9 Å². The highest BCUT2D eigenvalue weighted by atomic mass is 19.4. The van der Waals surface area contributed by atoms with E-state index in [1.54, 1.807) is 48.5 Å². The standard InChI is InChI=1S/C26H26F4N6O2/c1-35-11-10-20(18(27)14-35)32-19-8-5-9-21-17(19)12-22(36(21)15-26(28,29)30)25-34-33-23(38-25)13-31-24(37)16-6-3-2-4-7-16/h2-9,12,18,20,32H,10-11,13-15H2,1H3,(H,31,37)/t18-,20+/m1/s1. The fraction of sp³-hybridized carbons (Fsp3) is 0.346. The number of carbonyl (C=O) groups is 1. The molecule has 8 nitrogen and oxygen atoms in total. The molecule has 0 bridgehead atoms. The van der Waals surface area contributed by atoms with Crippen LogP contribution >= 0.6 is 0 Å². The molecule has 3 heterocycles. The Morgan fingerprint density at radius 2 is 1.92 bits per heavy atom. The van der Waals surface area contributed by atoms with Crippen LogP contribution in [0.25, 0.3) is 22.5 Å². The van der Waals surface area contributed by atoms with Crippen molar-refractivity contribution in [1.82, 2.24) is 25.0 Å². The highest BCUT2D eigenvalue weighted by Crippen LogP contribution is 2.35. The Balaban J connectivity index is 1.44. The highest BCUT2D eigenvalue weighted by molar-refractivity contribution is 5.96. The van der Waals surface area contributed by atoms with Crippen LogP contribution in [0.5, 0.6) is 0 Å². The molecule has 5 rings (SSSR count). The molecular formula is C26H26F4N6O2. The minimum atomic E-state index is -4.52. The highest BCUT2D eigenvalue weighted by Gasteiger charge is 2.32. The Labute approximate surface area is 215 Å². The maximum absolute atomic E-state index is 14.7. The molecular weight excluding hydrogens is 504 g/mol. The molecule has 1 aliphatic heterocycles. The quantitative estimate of drug-likeness (QED) is 0.339.